The summed E-state index contributed by atoms with van der Waals surface area (Å²) < 4.78 is 5.11. The Balaban J connectivity index is 1.73. The molecule has 106 valence electrons. The van der Waals surface area contributed by atoms with Crippen LogP contribution in [0.2, 0.25) is 0 Å². The summed E-state index contributed by atoms with van der Waals surface area (Å²) in [6.07, 6.45) is 4.58. The van der Waals surface area contributed by atoms with Gasteiger partial charge in [0.05, 0.1) is 16.6 Å². The van der Waals surface area contributed by atoms with Crippen LogP contribution >= 0.6 is 0 Å². The van der Waals surface area contributed by atoms with Gasteiger partial charge >= 0.3 is 0 Å². The van der Waals surface area contributed by atoms with Crippen molar-refractivity contribution in [3.05, 3.63) is 23.5 Å². The van der Waals surface area contributed by atoms with Crippen molar-refractivity contribution >= 4 is 17.0 Å². The van der Waals surface area contributed by atoms with E-state index in [4.69, 9.17) is 4.52 Å². The molecule has 0 bridgehead atoms. The summed E-state index contributed by atoms with van der Waals surface area (Å²) >= 11 is 0. The Morgan fingerprint density at radius 2 is 2.50 bits per heavy atom. The number of nitrogens with zero attached hydrogens (tertiary/aromatic N) is 2. The van der Waals surface area contributed by atoms with Gasteiger partial charge < -0.3 is 15.2 Å². The van der Waals surface area contributed by atoms with E-state index in [2.05, 4.69) is 20.8 Å². The lowest BCUT2D eigenvalue weighted by atomic mass is 10.1. The van der Waals surface area contributed by atoms with E-state index in [1.165, 1.54) is 12.6 Å². The average Bonchev–Trinajstić information content (AvgIpc) is 3.13. The Labute approximate surface area is 116 Å². The maximum absolute atomic E-state index is 12.1. The highest BCUT2D eigenvalue weighted by Crippen LogP contribution is 2.18. The number of pyridine rings is 1. The monoisotopic (exact) mass is 274 g/mol. The lowest BCUT2D eigenvalue weighted by Gasteiger charge is -2.11. The van der Waals surface area contributed by atoms with Crippen LogP contribution in [-0.4, -0.2) is 35.2 Å². The molecule has 2 aromatic heterocycles. The first kappa shape index (κ1) is 13.1. The summed E-state index contributed by atoms with van der Waals surface area (Å²) in [4.78, 5) is 16.3. The minimum absolute atomic E-state index is 0.101. The number of nitrogens with one attached hydrogen (secondary N) is 2. The molecule has 0 radical (unpaired) electrons. The second-order valence-corrected chi connectivity index (χ2v) is 5.06. The Morgan fingerprint density at radius 1 is 1.60 bits per heavy atom. The molecular weight excluding hydrogens is 256 g/mol. The van der Waals surface area contributed by atoms with Crippen LogP contribution in [0.1, 0.15) is 35.8 Å². The van der Waals surface area contributed by atoms with E-state index in [0.717, 1.165) is 30.5 Å². The summed E-state index contributed by atoms with van der Waals surface area (Å²) in [6, 6.07) is 2.19. The number of carbonyl (C=O) groups is 1. The van der Waals surface area contributed by atoms with E-state index in [1.54, 1.807) is 6.07 Å². The molecule has 0 saturated carbocycles. The molecule has 1 aliphatic heterocycles. The number of hydrogen-bond acceptors (Lipinski definition) is 5. The van der Waals surface area contributed by atoms with Gasteiger partial charge in [-0.25, -0.2) is 4.98 Å². The highest BCUT2D eigenvalue weighted by atomic mass is 16.5. The van der Waals surface area contributed by atoms with Crippen molar-refractivity contribution in [3.8, 4) is 0 Å². The molecule has 0 aromatic carbocycles. The van der Waals surface area contributed by atoms with E-state index >= 15 is 0 Å². The minimum atomic E-state index is -0.101. The largest absolute Gasteiger partial charge is 0.350 e. The van der Waals surface area contributed by atoms with Crippen molar-refractivity contribution in [2.75, 3.05) is 13.1 Å². The maximum atomic E-state index is 12.1. The molecule has 1 saturated heterocycles. The molecule has 1 amide bonds. The third-order valence-corrected chi connectivity index (χ3v) is 3.67. The Bertz CT molecular complexity index is 617. The lowest BCUT2D eigenvalue weighted by Crippen LogP contribution is -2.37. The van der Waals surface area contributed by atoms with Gasteiger partial charge in [-0.15, -0.1) is 0 Å². The first-order chi connectivity index (χ1) is 9.78. The van der Waals surface area contributed by atoms with Crippen LogP contribution < -0.4 is 10.6 Å². The van der Waals surface area contributed by atoms with Gasteiger partial charge in [0.15, 0.2) is 0 Å². The van der Waals surface area contributed by atoms with Crippen LogP contribution in [0.3, 0.4) is 0 Å². The highest BCUT2D eigenvalue weighted by molar-refractivity contribution is 5.97. The van der Waals surface area contributed by atoms with Gasteiger partial charge in [-0.1, -0.05) is 12.1 Å². The minimum Gasteiger partial charge on any atom is -0.350 e. The zero-order valence-corrected chi connectivity index (χ0v) is 11.5. The van der Waals surface area contributed by atoms with Crippen molar-refractivity contribution in [2.24, 2.45) is 0 Å². The summed E-state index contributed by atoms with van der Waals surface area (Å²) in [5, 5.41) is 11.1. The molecule has 20 heavy (non-hydrogen) atoms. The quantitative estimate of drug-likeness (QED) is 0.877. The molecule has 2 N–H and O–H groups in total. The SMILES string of the molecule is CCc1noc2ncc(C(=O)NCC3CCCN3)cc12. The van der Waals surface area contributed by atoms with Gasteiger partial charge in [0.2, 0.25) is 0 Å². The smallest absolute Gasteiger partial charge is 0.257 e. The molecule has 1 fully saturated rings. The van der Waals surface area contributed by atoms with Crippen molar-refractivity contribution in [1.82, 2.24) is 20.8 Å². The number of carbonyl (C=O) groups excluding carboxylic acids is 1. The molecule has 6 nitrogen and oxygen atoms in total. The average molecular weight is 274 g/mol. The fourth-order valence-electron chi connectivity index (χ4n) is 2.51. The molecule has 3 heterocycles. The van der Waals surface area contributed by atoms with E-state index in [1.807, 2.05) is 6.92 Å². The van der Waals surface area contributed by atoms with Gasteiger partial charge in [0.1, 0.15) is 0 Å². The molecule has 3 rings (SSSR count). The van der Waals surface area contributed by atoms with Crippen LogP contribution in [-0.2, 0) is 6.42 Å². The number of amides is 1. The molecule has 1 aliphatic rings. The molecule has 1 unspecified atom stereocenters. The lowest BCUT2D eigenvalue weighted by molar-refractivity contribution is 0.0950. The Morgan fingerprint density at radius 3 is 3.25 bits per heavy atom. The topological polar surface area (TPSA) is 80.0 Å². The number of aryl methyl sites for hydroxylation is 1. The number of fused-ring (bicyclic) bond motifs is 1. The van der Waals surface area contributed by atoms with Crippen LogP contribution in [0.15, 0.2) is 16.8 Å². The van der Waals surface area contributed by atoms with Gasteiger partial charge in [-0.05, 0) is 31.9 Å². The van der Waals surface area contributed by atoms with E-state index < -0.39 is 0 Å². The fraction of sp³-hybridized carbons (Fsp3) is 0.500. The number of rotatable bonds is 4. The first-order valence-corrected chi connectivity index (χ1v) is 7.04. The predicted octanol–water partition coefficient (Wildman–Crippen LogP) is 1.27. The third-order valence-electron chi connectivity index (χ3n) is 3.67. The van der Waals surface area contributed by atoms with Gasteiger partial charge in [0, 0.05) is 18.8 Å². The highest BCUT2D eigenvalue weighted by Gasteiger charge is 2.16. The first-order valence-electron chi connectivity index (χ1n) is 7.04. The summed E-state index contributed by atoms with van der Waals surface area (Å²) in [5.74, 6) is -0.101. The molecule has 0 aliphatic carbocycles. The summed E-state index contributed by atoms with van der Waals surface area (Å²) in [7, 11) is 0. The van der Waals surface area contributed by atoms with Gasteiger partial charge in [0.25, 0.3) is 11.6 Å². The number of aromatic nitrogens is 2. The molecule has 1 atom stereocenters. The summed E-state index contributed by atoms with van der Waals surface area (Å²) in [6.45, 7) is 3.69. The zero-order chi connectivity index (χ0) is 13.9. The van der Waals surface area contributed by atoms with Gasteiger partial charge in [-0.2, -0.15) is 0 Å². The van der Waals surface area contributed by atoms with E-state index in [9.17, 15) is 4.79 Å². The van der Waals surface area contributed by atoms with Crippen molar-refractivity contribution in [3.63, 3.8) is 0 Å². The normalized spacial score (nSPS) is 18.6. The zero-order valence-electron chi connectivity index (χ0n) is 11.5. The maximum Gasteiger partial charge on any atom is 0.257 e. The van der Waals surface area contributed by atoms with Crippen molar-refractivity contribution in [2.45, 2.75) is 32.2 Å². The van der Waals surface area contributed by atoms with Crippen LogP contribution in [0.25, 0.3) is 11.1 Å². The Kier molecular flexibility index (Phi) is 3.64. The second-order valence-electron chi connectivity index (χ2n) is 5.06. The number of hydrogen-bond donors (Lipinski definition) is 2. The van der Waals surface area contributed by atoms with Crippen molar-refractivity contribution in [1.29, 1.82) is 0 Å². The van der Waals surface area contributed by atoms with E-state index in [0.29, 0.717) is 23.9 Å². The molecule has 6 heteroatoms. The third kappa shape index (κ3) is 2.51. The molecule has 2 aromatic rings. The summed E-state index contributed by atoms with van der Waals surface area (Å²) in [5.41, 5.74) is 1.86. The Hall–Kier alpha value is -1.95. The van der Waals surface area contributed by atoms with Crippen molar-refractivity contribution < 1.29 is 9.32 Å². The van der Waals surface area contributed by atoms with Crippen LogP contribution in [0, 0.1) is 0 Å². The fourth-order valence-corrected chi connectivity index (χ4v) is 2.51. The van der Waals surface area contributed by atoms with Crippen LogP contribution in [0.5, 0.6) is 0 Å². The molecule has 0 spiro atoms. The standard InChI is InChI=1S/C14H18N4O2/c1-2-12-11-6-9(7-17-14(11)20-18-12)13(19)16-8-10-4-3-5-15-10/h6-7,10,15H,2-5,8H2,1H3,(H,16,19). The van der Waals surface area contributed by atoms with Crippen LogP contribution in [0.4, 0.5) is 0 Å². The predicted molar refractivity (Wildman–Crippen MR) is 74.5 cm³/mol. The van der Waals surface area contributed by atoms with Gasteiger partial charge in [-0.3, -0.25) is 4.79 Å². The second kappa shape index (κ2) is 5.58. The molecular formula is C14H18N4O2. The van der Waals surface area contributed by atoms with E-state index in [-0.39, 0.29) is 5.91 Å².